The molecule has 2 heterocycles. The minimum atomic E-state index is -0.872. The second-order valence-electron chi connectivity index (χ2n) is 5.36. The van der Waals surface area contributed by atoms with Gasteiger partial charge in [-0.25, -0.2) is 0 Å². The maximum atomic E-state index is 11.6. The molecule has 1 aliphatic heterocycles. The molecule has 24 heavy (non-hydrogen) atoms. The van der Waals surface area contributed by atoms with Crippen LogP contribution in [-0.4, -0.2) is 31.8 Å². The number of nitrogens with zero attached hydrogens (tertiary/aromatic N) is 3. The Morgan fingerprint density at radius 1 is 1.33 bits per heavy atom. The van der Waals surface area contributed by atoms with E-state index in [4.69, 9.17) is 5.73 Å². The molecule has 1 unspecified atom stereocenters. The monoisotopic (exact) mass is 330 g/mol. The Morgan fingerprint density at radius 2 is 2.04 bits per heavy atom. The van der Waals surface area contributed by atoms with E-state index in [0.29, 0.717) is 11.1 Å². The third-order valence-electron chi connectivity index (χ3n) is 3.64. The molecule has 1 aromatic heterocycles. The largest absolute Gasteiger partial charge is 0.340 e. The highest BCUT2D eigenvalue weighted by molar-refractivity contribution is 5.93. The van der Waals surface area contributed by atoms with E-state index in [9.17, 15) is 19.7 Å². The predicted molar refractivity (Wildman–Crippen MR) is 87.6 cm³/mol. The van der Waals surface area contributed by atoms with E-state index in [1.54, 1.807) is 24.1 Å². The van der Waals surface area contributed by atoms with Crippen molar-refractivity contribution in [1.82, 2.24) is 14.9 Å². The van der Waals surface area contributed by atoms with Crippen LogP contribution in [0.1, 0.15) is 12.5 Å². The number of aliphatic imine (C=N–C) groups is 1. The van der Waals surface area contributed by atoms with Gasteiger partial charge in [0.25, 0.3) is 5.69 Å². The SMILES string of the molecule is CC1=NC(N)N(Cc2cc([N+](=O)[O-])cc3[nH]c(=O)c(=O)[nH]c23)C=C1. The zero-order valence-corrected chi connectivity index (χ0v) is 12.6. The average Bonchev–Trinajstić information content (AvgIpc) is 2.51. The molecule has 0 fully saturated rings. The van der Waals surface area contributed by atoms with Gasteiger partial charge in [-0.05, 0) is 13.0 Å². The van der Waals surface area contributed by atoms with Gasteiger partial charge in [0.05, 0.1) is 16.0 Å². The molecular formula is C14H14N6O4. The standard InChI is InChI=1S/C14H14N6O4/c1-7-2-3-19(14(15)16-7)6-8-4-9(20(23)24)5-10-11(8)18-13(22)12(21)17-10/h2-5,14H,6,15H2,1H3,(H,17,21)(H,18,22). The summed E-state index contributed by atoms with van der Waals surface area (Å²) in [5, 5.41) is 11.1. The van der Waals surface area contributed by atoms with Gasteiger partial charge in [0, 0.05) is 36.2 Å². The number of H-pyrrole nitrogens is 2. The summed E-state index contributed by atoms with van der Waals surface area (Å²) < 4.78 is 0. The van der Waals surface area contributed by atoms with Crippen LogP contribution in [0.2, 0.25) is 0 Å². The lowest BCUT2D eigenvalue weighted by atomic mass is 10.1. The normalized spacial score (nSPS) is 17.2. The second kappa shape index (κ2) is 5.74. The molecule has 1 atom stereocenters. The van der Waals surface area contributed by atoms with Crippen LogP contribution in [0.4, 0.5) is 5.69 Å². The first-order valence-corrected chi connectivity index (χ1v) is 7.03. The molecule has 4 N–H and O–H groups in total. The molecular weight excluding hydrogens is 316 g/mol. The summed E-state index contributed by atoms with van der Waals surface area (Å²) in [5.74, 6) is 0. The number of aromatic amines is 2. The van der Waals surface area contributed by atoms with E-state index in [1.165, 1.54) is 12.1 Å². The number of nitro groups is 1. The zero-order chi connectivity index (χ0) is 17.4. The Hall–Kier alpha value is -3.27. The van der Waals surface area contributed by atoms with E-state index in [1.807, 2.05) is 0 Å². The third kappa shape index (κ3) is 2.82. The summed E-state index contributed by atoms with van der Waals surface area (Å²) in [6.07, 6.45) is 2.84. The smallest absolute Gasteiger partial charge is 0.314 e. The Balaban J connectivity index is 2.13. The first kappa shape index (κ1) is 15.6. The number of nitrogens with two attached hydrogens (primary N) is 1. The average molecular weight is 330 g/mol. The zero-order valence-electron chi connectivity index (χ0n) is 12.6. The van der Waals surface area contributed by atoms with E-state index >= 15 is 0 Å². The van der Waals surface area contributed by atoms with Gasteiger partial charge in [0.1, 0.15) is 0 Å². The number of allylic oxidation sites excluding steroid dienone is 1. The van der Waals surface area contributed by atoms with Gasteiger partial charge >= 0.3 is 11.1 Å². The van der Waals surface area contributed by atoms with E-state index in [-0.39, 0.29) is 17.7 Å². The summed E-state index contributed by atoms with van der Waals surface area (Å²) in [6.45, 7) is 1.98. The molecule has 0 spiro atoms. The number of hydrogen-bond acceptors (Lipinski definition) is 7. The molecule has 0 amide bonds. The lowest BCUT2D eigenvalue weighted by Crippen LogP contribution is -2.39. The summed E-state index contributed by atoms with van der Waals surface area (Å²) >= 11 is 0. The number of benzene rings is 1. The number of non-ortho nitro benzene ring substituents is 1. The first-order chi connectivity index (χ1) is 11.3. The second-order valence-corrected chi connectivity index (χ2v) is 5.36. The van der Waals surface area contributed by atoms with Crippen molar-refractivity contribution in [3.05, 3.63) is 60.8 Å². The fourth-order valence-electron chi connectivity index (χ4n) is 2.47. The van der Waals surface area contributed by atoms with Crippen molar-refractivity contribution in [2.24, 2.45) is 10.7 Å². The maximum absolute atomic E-state index is 11.6. The van der Waals surface area contributed by atoms with Gasteiger partial charge in [-0.2, -0.15) is 0 Å². The highest BCUT2D eigenvalue weighted by atomic mass is 16.6. The molecule has 124 valence electrons. The molecule has 0 saturated heterocycles. The summed E-state index contributed by atoms with van der Waals surface area (Å²) in [4.78, 5) is 44.3. The molecule has 0 aliphatic carbocycles. The number of aromatic nitrogens is 2. The number of rotatable bonds is 3. The summed E-state index contributed by atoms with van der Waals surface area (Å²) in [5.41, 5.74) is 5.74. The molecule has 2 aromatic rings. The minimum absolute atomic E-state index is 0.175. The highest BCUT2D eigenvalue weighted by Crippen LogP contribution is 2.23. The van der Waals surface area contributed by atoms with Crippen LogP contribution < -0.4 is 16.9 Å². The van der Waals surface area contributed by atoms with Crippen molar-refractivity contribution in [3.63, 3.8) is 0 Å². The Kier molecular flexibility index (Phi) is 3.73. The van der Waals surface area contributed by atoms with Crippen molar-refractivity contribution >= 4 is 22.4 Å². The number of nitrogens with one attached hydrogen (secondary N) is 2. The minimum Gasteiger partial charge on any atom is -0.340 e. The Labute approximate surface area is 134 Å². The van der Waals surface area contributed by atoms with Crippen molar-refractivity contribution in [1.29, 1.82) is 0 Å². The lowest BCUT2D eigenvalue weighted by Gasteiger charge is -2.27. The topological polar surface area (TPSA) is 150 Å². The van der Waals surface area contributed by atoms with Crippen molar-refractivity contribution in [2.45, 2.75) is 19.8 Å². The fourth-order valence-corrected chi connectivity index (χ4v) is 2.47. The van der Waals surface area contributed by atoms with Gasteiger partial charge in [-0.15, -0.1) is 0 Å². The molecule has 0 saturated carbocycles. The molecule has 1 aromatic carbocycles. The number of fused-ring (bicyclic) bond motifs is 1. The van der Waals surface area contributed by atoms with Crippen molar-refractivity contribution < 1.29 is 4.92 Å². The van der Waals surface area contributed by atoms with Crippen LogP contribution >= 0.6 is 0 Å². The Bertz CT molecular complexity index is 1000. The van der Waals surface area contributed by atoms with Crippen molar-refractivity contribution in [3.8, 4) is 0 Å². The van der Waals surface area contributed by atoms with Crippen LogP contribution in [0.15, 0.2) is 39.0 Å². The predicted octanol–water partition coefficient (Wildman–Crippen LogP) is 0.157. The van der Waals surface area contributed by atoms with Gasteiger partial charge in [-0.3, -0.25) is 30.4 Å². The quantitative estimate of drug-likeness (QED) is 0.414. The van der Waals surface area contributed by atoms with Crippen LogP contribution in [0, 0.1) is 10.1 Å². The lowest BCUT2D eigenvalue weighted by molar-refractivity contribution is -0.384. The van der Waals surface area contributed by atoms with E-state index in [0.717, 1.165) is 5.71 Å². The van der Waals surface area contributed by atoms with Crippen LogP contribution in [0.3, 0.4) is 0 Å². The van der Waals surface area contributed by atoms with Gasteiger partial charge in [0.15, 0.2) is 6.29 Å². The van der Waals surface area contributed by atoms with Gasteiger partial charge < -0.3 is 14.9 Å². The summed E-state index contributed by atoms with van der Waals surface area (Å²) in [6, 6.07) is 2.53. The van der Waals surface area contributed by atoms with Gasteiger partial charge in [0.2, 0.25) is 0 Å². The molecule has 10 heteroatoms. The van der Waals surface area contributed by atoms with Crippen molar-refractivity contribution in [2.75, 3.05) is 0 Å². The van der Waals surface area contributed by atoms with Gasteiger partial charge in [-0.1, -0.05) is 0 Å². The molecule has 10 nitrogen and oxygen atoms in total. The fraction of sp³-hybridized carbons (Fsp3) is 0.214. The molecule has 0 radical (unpaired) electrons. The molecule has 3 rings (SSSR count). The maximum Gasteiger partial charge on any atom is 0.314 e. The Morgan fingerprint density at radius 3 is 2.71 bits per heavy atom. The molecule has 0 bridgehead atoms. The number of nitro benzene ring substituents is 1. The first-order valence-electron chi connectivity index (χ1n) is 7.03. The van der Waals surface area contributed by atoms with E-state index < -0.39 is 22.3 Å². The molecule has 1 aliphatic rings. The van der Waals surface area contributed by atoms with Crippen LogP contribution in [0.25, 0.3) is 11.0 Å². The van der Waals surface area contributed by atoms with E-state index in [2.05, 4.69) is 15.0 Å². The third-order valence-corrected chi connectivity index (χ3v) is 3.64. The van der Waals surface area contributed by atoms with Crippen LogP contribution in [0.5, 0.6) is 0 Å². The summed E-state index contributed by atoms with van der Waals surface area (Å²) in [7, 11) is 0. The number of hydrogen-bond donors (Lipinski definition) is 3. The van der Waals surface area contributed by atoms with Crippen LogP contribution in [-0.2, 0) is 6.54 Å². The highest BCUT2D eigenvalue weighted by Gasteiger charge is 2.18.